The SMILES string of the molecule is CCOC(=O)/C(=N/Nc1ccccc1Cl)S(=O)(=O)c1ccccc1. The van der Waals surface area contributed by atoms with E-state index < -0.39 is 20.9 Å². The second-order valence-electron chi connectivity index (χ2n) is 4.55. The van der Waals surface area contributed by atoms with E-state index in [-0.39, 0.29) is 11.5 Å². The van der Waals surface area contributed by atoms with Gasteiger partial charge >= 0.3 is 5.97 Å². The van der Waals surface area contributed by atoms with Crippen molar-refractivity contribution < 1.29 is 17.9 Å². The number of hydrogen-bond donors (Lipinski definition) is 1. The van der Waals surface area contributed by atoms with Gasteiger partial charge in [-0.2, -0.15) is 5.10 Å². The number of carbonyl (C=O) groups excluding carboxylic acids is 1. The first kappa shape index (κ1) is 18.0. The van der Waals surface area contributed by atoms with Crippen LogP contribution in [0.25, 0.3) is 0 Å². The number of ether oxygens (including phenoxy) is 1. The van der Waals surface area contributed by atoms with Gasteiger partial charge in [-0.25, -0.2) is 13.2 Å². The molecule has 0 aliphatic heterocycles. The predicted molar refractivity (Wildman–Crippen MR) is 92.8 cm³/mol. The number of nitrogens with one attached hydrogen (secondary N) is 1. The lowest BCUT2D eigenvalue weighted by Gasteiger charge is -2.09. The summed E-state index contributed by atoms with van der Waals surface area (Å²) in [5.74, 6) is -1.04. The molecule has 0 aliphatic carbocycles. The second-order valence-corrected chi connectivity index (χ2v) is 6.82. The van der Waals surface area contributed by atoms with E-state index in [0.29, 0.717) is 10.7 Å². The van der Waals surface area contributed by atoms with E-state index in [4.69, 9.17) is 16.3 Å². The maximum absolute atomic E-state index is 12.7. The minimum absolute atomic E-state index is 0.0221. The molecule has 0 fully saturated rings. The number of sulfone groups is 1. The summed E-state index contributed by atoms with van der Waals surface area (Å²) < 4.78 is 30.1. The molecule has 0 bridgehead atoms. The van der Waals surface area contributed by atoms with Crippen LogP contribution in [0, 0.1) is 0 Å². The highest BCUT2D eigenvalue weighted by Crippen LogP contribution is 2.21. The summed E-state index contributed by atoms with van der Waals surface area (Å²) in [5, 5.41) is 3.34. The number of anilines is 1. The molecule has 0 amide bonds. The molecule has 2 aromatic rings. The van der Waals surface area contributed by atoms with E-state index in [1.165, 1.54) is 12.1 Å². The van der Waals surface area contributed by atoms with Crippen LogP contribution >= 0.6 is 11.6 Å². The minimum Gasteiger partial charge on any atom is -0.461 e. The van der Waals surface area contributed by atoms with E-state index in [0.717, 1.165) is 0 Å². The molecule has 0 aliphatic rings. The fourth-order valence-corrected chi connectivity index (χ4v) is 3.14. The lowest BCUT2D eigenvalue weighted by molar-refractivity contribution is -0.134. The van der Waals surface area contributed by atoms with Crippen molar-refractivity contribution in [1.29, 1.82) is 0 Å². The number of para-hydroxylation sites is 1. The Morgan fingerprint density at radius 3 is 2.38 bits per heavy atom. The number of rotatable bonds is 4. The third-order valence-electron chi connectivity index (χ3n) is 2.91. The topological polar surface area (TPSA) is 84.8 Å². The minimum atomic E-state index is -4.14. The molecule has 6 nitrogen and oxygen atoms in total. The van der Waals surface area contributed by atoms with Crippen LogP contribution in [0.4, 0.5) is 5.69 Å². The molecule has 0 unspecified atom stereocenters. The molecule has 0 spiro atoms. The second kappa shape index (κ2) is 7.94. The highest BCUT2D eigenvalue weighted by Gasteiger charge is 2.30. The molecule has 2 rings (SSSR count). The third-order valence-corrected chi connectivity index (χ3v) is 4.90. The fourth-order valence-electron chi connectivity index (χ4n) is 1.78. The van der Waals surface area contributed by atoms with Crippen LogP contribution in [0.2, 0.25) is 5.02 Å². The molecule has 0 aromatic heterocycles. The Bertz CT molecular complexity index is 851. The summed E-state index contributed by atoms with van der Waals surface area (Å²) in [5.41, 5.74) is 2.87. The lowest BCUT2D eigenvalue weighted by atomic mass is 10.3. The molecule has 8 heteroatoms. The molecule has 1 N–H and O–H groups in total. The van der Waals surface area contributed by atoms with E-state index in [2.05, 4.69) is 10.5 Å². The van der Waals surface area contributed by atoms with Crippen molar-refractivity contribution in [3.05, 3.63) is 59.6 Å². The van der Waals surface area contributed by atoms with Crippen molar-refractivity contribution in [2.45, 2.75) is 11.8 Å². The van der Waals surface area contributed by atoms with E-state index in [1.54, 1.807) is 49.4 Å². The van der Waals surface area contributed by atoms with Gasteiger partial charge in [0.15, 0.2) is 0 Å². The van der Waals surface area contributed by atoms with E-state index in [1.807, 2.05) is 0 Å². The van der Waals surface area contributed by atoms with Crippen LogP contribution in [-0.2, 0) is 19.4 Å². The molecular weight excluding hydrogens is 352 g/mol. The Morgan fingerprint density at radius 1 is 1.12 bits per heavy atom. The Kier molecular flexibility index (Phi) is 5.94. The molecular formula is C16H15ClN2O4S. The van der Waals surface area contributed by atoms with Crippen molar-refractivity contribution in [3.8, 4) is 0 Å². The molecule has 0 heterocycles. The van der Waals surface area contributed by atoms with E-state index >= 15 is 0 Å². The van der Waals surface area contributed by atoms with Crippen molar-refractivity contribution in [2.24, 2.45) is 5.10 Å². The molecule has 0 atom stereocenters. The number of hydrogen-bond acceptors (Lipinski definition) is 6. The van der Waals surface area contributed by atoms with Gasteiger partial charge in [-0.05, 0) is 31.2 Å². The largest absolute Gasteiger partial charge is 0.461 e. The average Bonchev–Trinajstić information content (AvgIpc) is 2.57. The summed E-state index contributed by atoms with van der Waals surface area (Å²) in [7, 11) is -4.14. The van der Waals surface area contributed by atoms with Crippen LogP contribution in [0.1, 0.15) is 6.92 Å². The van der Waals surface area contributed by atoms with Gasteiger partial charge in [-0.1, -0.05) is 41.9 Å². The summed E-state index contributed by atoms with van der Waals surface area (Å²) in [6.45, 7) is 1.60. The Morgan fingerprint density at radius 2 is 1.75 bits per heavy atom. The average molecular weight is 367 g/mol. The first-order valence-electron chi connectivity index (χ1n) is 7.02. The van der Waals surface area contributed by atoms with Gasteiger partial charge in [0.2, 0.25) is 9.84 Å². The first-order chi connectivity index (χ1) is 11.5. The van der Waals surface area contributed by atoms with Gasteiger partial charge in [0.25, 0.3) is 5.04 Å². The van der Waals surface area contributed by atoms with Crippen LogP contribution in [-0.4, -0.2) is 26.0 Å². The number of benzene rings is 2. The maximum Gasteiger partial charge on any atom is 0.371 e. The zero-order valence-corrected chi connectivity index (χ0v) is 14.3. The van der Waals surface area contributed by atoms with Crippen molar-refractivity contribution in [2.75, 3.05) is 12.0 Å². The molecule has 24 heavy (non-hydrogen) atoms. The third kappa shape index (κ3) is 4.12. The van der Waals surface area contributed by atoms with Crippen molar-refractivity contribution in [3.63, 3.8) is 0 Å². The van der Waals surface area contributed by atoms with E-state index in [9.17, 15) is 13.2 Å². The van der Waals surface area contributed by atoms with Gasteiger partial charge in [-0.15, -0.1) is 0 Å². The zero-order valence-electron chi connectivity index (χ0n) is 12.8. The van der Waals surface area contributed by atoms with Crippen molar-refractivity contribution in [1.82, 2.24) is 0 Å². The normalized spacial score (nSPS) is 11.8. The Labute approximate surface area is 145 Å². The van der Waals surface area contributed by atoms with Gasteiger partial charge < -0.3 is 4.74 Å². The van der Waals surface area contributed by atoms with Crippen LogP contribution in [0.5, 0.6) is 0 Å². The summed E-state index contributed by atoms with van der Waals surface area (Å²) >= 11 is 5.98. The van der Waals surface area contributed by atoms with Crippen molar-refractivity contribution >= 4 is 38.1 Å². The highest BCUT2D eigenvalue weighted by atomic mass is 35.5. The van der Waals surface area contributed by atoms with Gasteiger partial charge in [0.1, 0.15) is 0 Å². The zero-order chi connectivity index (χ0) is 17.6. The van der Waals surface area contributed by atoms with Crippen LogP contribution in [0.3, 0.4) is 0 Å². The summed E-state index contributed by atoms with van der Waals surface area (Å²) in [6, 6.07) is 14.1. The highest BCUT2D eigenvalue weighted by molar-refractivity contribution is 8.08. The molecule has 0 radical (unpaired) electrons. The Hall–Kier alpha value is -2.38. The number of halogens is 1. The number of carbonyl (C=O) groups is 1. The van der Waals surface area contributed by atoms with Crippen LogP contribution < -0.4 is 5.43 Å². The Balaban J connectivity index is 2.44. The first-order valence-corrected chi connectivity index (χ1v) is 8.88. The molecule has 0 saturated carbocycles. The van der Waals surface area contributed by atoms with Gasteiger partial charge in [0.05, 0.1) is 22.2 Å². The fraction of sp³-hybridized carbons (Fsp3) is 0.125. The monoisotopic (exact) mass is 366 g/mol. The summed E-state index contributed by atoms with van der Waals surface area (Å²) in [4.78, 5) is 12.0. The lowest BCUT2D eigenvalue weighted by Crippen LogP contribution is -2.28. The van der Waals surface area contributed by atoms with Gasteiger partial charge in [0, 0.05) is 0 Å². The molecule has 0 saturated heterocycles. The predicted octanol–water partition coefficient (Wildman–Crippen LogP) is 3.10. The van der Waals surface area contributed by atoms with Crippen LogP contribution in [0.15, 0.2) is 64.6 Å². The smallest absolute Gasteiger partial charge is 0.371 e. The number of esters is 1. The summed E-state index contributed by atoms with van der Waals surface area (Å²) in [6.07, 6.45) is 0. The number of hydrazone groups is 1. The standard InChI is InChI=1S/C16H15ClN2O4S/c1-2-23-16(20)15(19-18-14-11-7-6-10-13(14)17)24(21,22)12-8-4-3-5-9-12/h3-11,18H,2H2,1H3/b19-15-. The molecule has 2 aromatic carbocycles. The molecule has 126 valence electrons. The van der Waals surface area contributed by atoms with Gasteiger partial charge in [-0.3, -0.25) is 5.43 Å². The quantitative estimate of drug-likeness (QED) is 0.389. The maximum atomic E-state index is 12.7. The number of nitrogens with zero attached hydrogens (tertiary/aromatic N) is 1.